The first-order valence-corrected chi connectivity index (χ1v) is 7.61. The highest BCUT2D eigenvalue weighted by atomic mass is 16.5. The van der Waals surface area contributed by atoms with Crippen LogP contribution in [-0.2, 0) is 14.3 Å². The SMILES string of the molecule is O=C(CC1COCCN1)NCC(=O)NC1CCCCC1. The summed E-state index contributed by atoms with van der Waals surface area (Å²) in [7, 11) is 0. The summed E-state index contributed by atoms with van der Waals surface area (Å²) in [6.07, 6.45) is 6.11. The monoisotopic (exact) mass is 283 g/mol. The first-order chi connectivity index (χ1) is 9.74. The minimum absolute atomic E-state index is 0.0603. The Hall–Kier alpha value is -1.14. The molecule has 1 atom stereocenters. The zero-order valence-electron chi connectivity index (χ0n) is 12.0. The molecule has 1 heterocycles. The van der Waals surface area contributed by atoms with E-state index in [1.165, 1.54) is 19.3 Å². The van der Waals surface area contributed by atoms with Crippen LogP contribution in [0.25, 0.3) is 0 Å². The summed E-state index contributed by atoms with van der Waals surface area (Å²) < 4.78 is 5.29. The number of carbonyl (C=O) groups is 2. The van der Waals surface area contributed by atoms with Crippen molar-refractivity contribution in [2.45, 2.75) is 50.6 Å². The van der Waals surface area contributed by atoms with Gasteiger partial charge in [0.15, 0.2) is 0 Å². The van der Waals surface area contributed by atoms with Crippen LogP contribution in [0, 0.1) is 0 Å². The molecule has 2 amide bonds. The molecule has 3 N–H and O–H groups in total. The highest BCUT2D eigenvalue weighted by Gasteiger charge is 2.18. The van der Waals surface area contributed by atoms with E-state index in [1.807, 2.05) is 0 Å². The van der Waals surface area contributed by atoms with E-state index in [1.54, 1.807) is 0 Å². The van der Waals surface area contributed by atoms with Crippen LogP contribution in [0.2, 0.25) is 0 Å². The van der Waals surface area contributed by atoms with Gasteiger partial charge in [0.05, 0.1) is 19.8 Å². The van der Waals surface area contributed by atoms with E-state index in [-0.39, 0.29) is 24.4 Å². The number of ether oxygens (including phenoxy) is 1. The molecule has 6 nitrogen and oxygen atoms in total. The van der Waals surface area contributed by atoms with Gasteiger partial charge in [-0.3, -0.25) is 9.59 Å². The molecule has 0 radical (unpaired) electrons. The Morgan fingerprint density at radius 1 is 1.15 bits per heavy atom. The highest BCUT2D eigenvalue weighted by molar-refractivity contribution is 5.85. The minimum Gasteiger partial charge on any atom is -0.378 e. The molecule has 1 saturated heterocycles. The summed E-state index contributed by atoms with van der Waals surface area (Å²) in [5, 5.41) is 8.87. The van der Waals surface area contributed by atoms with Crippen LogP contribution >= 0.6 is 0 Å². The van der Waals surface area contributed by atoms with Crippen molar-refractivity contribution >= 4 is 11.8 Å². The molecule has 1 aliphatic carbocycles. The Labute approximate surface area is 120 Å². The highest BCUT2D eigenvalue weighted by Crippen LogP contribution is 2.17. The largest absolute Gasteiger partial charge is 0.378 e. The zero-order valence-corrected chi connectivity index (χ0v) is 12.0. The second-order valence-electron chi connectivity index (χ2n) is 5.61. The molecule has 0 aromatic heterocycles. The number of nitrogens with one attached hydrogen (secondary N) is 3. The minimum atomic E-state index is -0.105. The van der Waals surface area contributed by atoms with Crippen molar-refractivity contribution < 1.29 is 14.3 Å². The van der Waals surface area contributed by atoms with Crippen molar-refractivity contribution in [1.82, 2.24) is 16.0 Å². The van der Waals surface area contributed by atoms with E-state index in [2.05, 4.69) is 16.0 Å². The molecule has 1 aliphatic heterocycles. The van der Waals surface area contributed by atoms with Gasteiger partial charge >= 0.3 is 0 Å². The fourth-order valence-electron chi connectivity index (χ4n) is 2.75. The van der Waals surface area contributed by atoms with Gasteiger partial charge in [0.1, 0.15) is 0 Å². The summed E-state index contributed by atoms with van der Waals surface area (Å²) in [6.45, 7) is 2.10. The van der Waals surface area contributed by atoms with Crippen molar-refractivity contribution in [2.75, 3.05) is 26.3 Å². The van der Waals surface area contributed by atoms with Crippen LogP contribution in [-0.4, -0.2) is 50.2 Å². The summed E-state index contributed by atoms with van der Waals surface area (Å²) in [4.78, 5) is 23.5. The van der Waals surface area contributed by atoms with Crippen LogP contribution in [0.3, 0.4) is 0 Å². The molecule has 0 bridgehead atoms. The molecule has 2 rings (SSSR count). The van der Waals surface area contributed by atoms with E-state index < -0.39 is 0 Å². The van der Waals surface area contributed by atoms with Crippen LogP contribution in [0.1, 0.15) is 38.5 Å². The molecule has 1 saturated carbocycles. The Balaban J connectivity index is 1.58. The number of rotatable bonds is 5. The lowest BCUT2D eigenvalue weighted by Crippen LogP contribution is -2.46. The molecular formula is C14H25N3O3. The number of amides is 2. The van der Waals surface area contributed by atoms with Crippen molar-refractivity contribution in [3.05, 3.63) is 0 Å². The fraction of sp³-hybridized carbons (Fsp3) is 0.857. The molecule has 0 spiro atoms. The van der Waals surface area contributed by atoms with Crippen LogP contribution in [0.5, 0.6) is 0 Å². The Bertz CT molecular complexity index is 292. The average molecular weight is 283 g/mol. The van der Waals surface area contributed by atoms with E-state index in [0.29, 0.717) is 25.7 Å². The Morgan fingerprint density at radius 3 is 2.65 bits per heavy atom. The second kappa shape index (κ2) is 8.21. The summed E-state index contributed by atoms with van der Waals surface area (Å²) in [6, 6.07) is 0.353. The number of carbonyl (C=O) groups excluding carboxylic acids is 2. The molecule has 114 valence electrons. The van der Waals surface area contributed by atoms with Gasteiger partial charge in [-0.25, -0.2) is 0 Å². The maximum Gasteiger partial charge on any atom is 0.239 e. The molecular weight excluding hydrogens is 258 g/mol. The quantitative estimate of drug-likeness (QED) is 0.660. The maximum atomic E-state index is 11.7. The second-order valence-corrected chi connectivity index (χ2v) is 5.61. The third kappa shape index (κ3) is 5.46. The first kappa shape index (κ1) is 15.3. The summed E-state index contributed by atoms with van der Waals surface area (Å²) in [5.74, 6) is -0.190. The molecule has 20 heavy (non-hydrogen) atoms. The summed E-state index contributed by atoms with van der Waals surface area (Å²) in [5.41, 5.74) is 0. The van der Waals surface area contributed by atoms with Gasteiger partial charge in [-0.15, -0.1) is 0 Å². The van der Waals surface area contributed by atoms with Gasteiger partial charge in [-0.1, -0.05) is 19.3 Å². The first-order valence-electron chi connectivity index (χ1n) is 7.61. The van der Waals surface area contributed by atoms with Crippen LogP contribution in [0.15, 0.2) is 0 Å². The topological polar surface area (TPSA) is 79.5 Å². The molecule has 6 heteroatoms. The predicted octanol–water partition coefficient (Wildman–Crippen LogP) is -0.0700. The smallest absolute Gasteiger partial charge is 0.239 e. The van der Waals surface area contributed by atoms with E-state index in [0.717, 1.165) is 19.4 Å². The summed E-state index contributed by atoms with van der Waals surface area (Å²) >= 11 is 0. The third-order valence-electron chi connectivity index (χ3n) is 3.85. The number of hydrogen-bond donors (Lipinski definition) is 3. The van der Waals surface area contributed by atoms with Crippen LogP contribution in [0.4, 0.5) is 0 Å². The van der Waals surface area contributed by atoms with Crippen molar-refractivity contribution in [3.8, 4) is 0 Å². The number of morpholine rings is 1. The van der Waals surface area contributed by atoms with Crippen molar-refractivity contribution in [3.63, 3.8) is 0 Å². The molecule has 1 unspecified atom stereocenters. The lowest BCUT2D eigenvalue weighted by molar-refractivity contribution is -0.127. The van der Waals surface area contributed by atoms with Gasteiger partial charge in [0.25, 0.3) is 0 Å². The van der Waals surface area contributed by atoms with E-state index in [4.69, 9.17) is 4.74 Å². The Morgan fingerprint density at radius 2 is 1.95 bits per heavy atom. The third-order valence-corrected chi connectivity index (χ3v) is 3.85. The van der Waals surface area contributed by atoms with Gasteiger partial charge in [0, 0.05) is 25.0 Å². The lowest BCUT2D eigenvalue weighted by Gasteiger charge is -2.24. The van der Waals surface area contributed by atoms with E-state index >= 15 is 0 Å². The predicted molar refractivity (Wildman–Crippen MR) is 75.3 cm³/mol. The molecule has 2 aliphatic rings. The standard InChI is InChI=1S/C14H25N3O3/c18-13(8-12-10-20-7-6-15-12)16-9-14(19)17-11-4-2-1-3-5-11/h11-12,15H,1-10H2,(H,16,18)(H,17,19). The van der Waals surface area contributed by atoms with Crippen molar-refractivity contribution in [2.24, 2.45) is 0 Å². The van der Waals surface area contributed by atoms with Gasteiger partial charge in [-0.2, -0.15) is 0 Å². The molecule has 2 fully saturated rings. The van der Waals surface area contributed by atoms with Crippen molar-refractivity contribution in [1.29, 1.82) is 0 Å². The maximum absolute atomic E-state index is 11.7. The van der Waals surface area contributed by atoms with Gasteiger partial charge < -0.3 is 20.7 Å². The average Bonchev–Trinajstić information content (AvgIpc) is 2.47. The van der Waals surface area contributed by atoms with Gasteiger partial charge in [-0.05, 0) is 12.8 Å². The van der Waals surface area contributed by atoms with Gasteiger partial charge in [0.2, 0.25) is 11.8 Å². The molecule has 0 aromatic carbocycles. The lowest BCUT2D eigenvalue weighted by atomic mass is 9.95. The van der Waals surface area contributed by atoms with Crippen LogP contribution < -0.4 is 16.0 Å². The number of hydrogen-bond acceptors (Lipinski definition) is 4. The zero-order chi connectivity index (χ0) is 14.2. The fourth-order valence-corrected chi connectivity index (χ4v) is 2.75. The normalized spacial score (nSPS) is 24.1. The Kier molecular flexibility index (Phi) is 6.26. The van der Waals surface area contributed by atoms with E-state index in [9.17, 15) is 9.59 Å². The molecule has 0 aromatic rings.